The summed E-state index contributed by atoms with van der Waals surface area (Å²) >= 11 is 0. The highest BCUT2D eigenvalue weighted by atomic mass is 32.2. The number of sulfonamides is 1. The number of hydrogen-bond donors (Lipinski definition) is 1. The molecule has 2 aliphatic heterocycles. The molecule has 0 amide bonds. The molecule has 0 radical (unpaired) electrons. The zero-order valence-electron chi connectivity index (χ0n) is 16.5. The van der Waals surface area contributed by atoms with Gasteiger partial charge >= 0.3 is 0 Å². The summed E-state index contributed by atoms with van der Waals surface area (Å²) in [7, 11) is 0.396. The number of para-hydroxylation sites is 1. The monoisotopic (exact) mass is 425 g/mol. The minimum absolute atomic E-state index is 0.0170. The first kappa shape index (κ1) is 19.7. The molecule has 2 aliphatic rings. The summed E-state index contributed by atoms with van der Waals surface area (Å²) in [6.07, 6.45) is 0. The largest absolute Gasteiger partial charge is 0.497 e. The predicted molar refractivity (Wildman–Crippen MR) is 111 cm³/mol. The van der Waals surface area contributed by atoms with Gasteiger partial charge in [-0.3, -0.25) is 4.31 Å². The summed E-state index contributed by atoms with van der Waals surface area (Å²) in [5.41, 5.74) is 7.53. The molecule has 0 bridgehead atoms. The minimum Gasteiger partial charge on any atom is -0.497 e. The van der Waals surface area contributed by atoms with Crippen LogP contribution in [0, 0.1) is 11.3 Å². The zero-order valence-corrected chi connectivity index (χ0v) is 17.4. The normalized spacial score (nSPS) is 19.4. The molecule has 0 spiro atoms. The van der Waals surface area contributed by atoms with Crippen LogP contribution in [0.4, 0.5) is 5.69 Å². The van der Waals surface area contributed by atoms with E-state index < -0.39 is 15.9 Å². The van der Waals surface area contributed by atoms with E-state index in [1.807, 2.05) is 6.07 Å². The first-order valence-electron chi connectivity index (χ1n) is 8.97. The average Bonchev–Trinajstić information content (AvgIpc) is 2.76. The molecule has 8 nitrogen and oxygen atoms in total. The molecule has 2 N–H and O–H groups in total. The van der Waals surface area contributed by atoms with Crippen molar-refractivity contribution in [3.8, 4) is 17.6 Å². The lowest BCUT2D eigenvalue weighted by Gasteiger charge is -2.36. The van der Waals surface area contributed by atoms with E-state index >= 15 is 0 Å². The zero-order chi connectivity index (χ0) is 21.6. The van der Waals surface area contributed by atoms with Crippen LogP contribution in [0.2, 0.25) is 0 Å². The summed E-state index contributed by atoms with van der Waals surface area (Å²) in [5.74, 6) is -0.190. The van der Waals surface area contributed by atoms with Gasteiger partial charge in [-0.15, -0.1) is 0 Å². The van der Waals surface area contributed by atoms with Gasteiger partial charge in [0, 0.05) is 18.2 Å². The van der Waals surface area contributed by atoms with E-state index in [4.69, 9.17) is 19.9 Å². The number of benzene rings is 2. The lowest BCUT2D eigenvalue weighted by Crippen LogP contribution is -2.37. The fourth-order valence-corrected chi connectivity index (χ4v) is 5.41. The summed E-state index contributed by atoms with van der Waals surface area (Å²) < 4.78 is 44.8. The van der Waals surface area contributed by atoms with Crippen molar-refractivity contribution in [2.75, 3.05) is 25.6 Å². The van der Waals surface area contributed by atoms with Crippen LogP contribution in [-0.4, -0.2) is 29.7 Å². The molecule has 0 saturated carbocycles. The number of hydrogen-bond acceptors (Lipinski definition) is 7. The van der Waals surface area contributed by atoms with Gasteiger partial charge in [0.25, 0.3) is 10.0 Å². The average molecular weight is 425 g/mol. The van der Waals surface area contributed by atoms with Crippen LogP contribution in [0.5, 0.6) is 11.5 Å². The lowest BCUT2D eigenvalue weighted by atomic mass is 9.87. The molecule has 0 saturated heterocycles. The molecule has 154 valence electrons. The number of allylic oxidation sites excluding steroid dienone is 2. The van der Waals surface area contributed by atoms with Crippen molar-refractivity contribution in [2.24, 2.45) is 5.73 Å². The third-order valence-electron chi connectivity index (χ3n) is 5.25. The highest BCUT2D eigenvalue weighted by Crippen LogP contribution is 2.52. The van der Waals surface area contributed by atoms with E-state index in [1.165, 1.54) is 25.6 Å². The SMILES string of the molecule is COc1ccc(OC)c([C@@H]2C(C#N)=C(N)OC3=C2S(=O)(=O)N(C)c2ccccc23)c1. The van der Waals surface area contributed by atoms with Crippen LogP contribution in [0.15, 0.2) is 58.8 Å². The Morgan fingerprint density at radius 3 is 2.57 bits per heavy atom. The number of rotatable bonds is 3. The lowest BCUT2D eigenvalue weighted by molar-refractivity contribution is 0.355. The Hall–Kier alpha value is -3.64. The maximum Gasteiger partial charge on any atom is 0.264 e. The van der Waals surface area contributed by atoms with Gasteiger partial charge < -0.3 is 19.9 Å². The Bertz CT molecular complexity index is 1260. The first-order chi connectivity index (χ1) is 14.3. The van der Waals surface area contributed by atoms with E-state index in [-0.39, 0.29) is 22.1 Å². The van der Waals surface area contributed by atoms with Crippen molar-refractivity contribution in [1.29, 1.82) is 5.26 Å². The molecule has 2 heterocycles. The third-order valence-corrected chi connectivity index (χ3v) is 7.14. The molecule has 30 heavy (non-hydrogen) atoms. The second-order valence-corrected chi connectivity index (χ2v) is 8.65. The summed E-state index contributed by atoms with van der Waals surface area (Å²) in [4.78, 5) is -0.0685. The predicted octanol–water partition coefficient (Wildman–Crippen LogP) is 2.66. The van der Waals surface area contributed by atoms with Crippen LogP contribution in [-0.2, 0) is 14.8 Å². The van der Waals surface area contributed by atoms with E-state index in [0.717, 1.165) is 0 Å². The Labute approximate surface area is 174 Å². The van der Waals surface area contributed by atoms with Crippen LogP contribution in [0.25, 0.3) is 5.76 Å². The Morgan fingerprint density at radius 1 is 1.17 bits per heavy atom. The number of nitrogens with two attached hydrogens (primary N) is 1. The molecule has 2 aromatic rings. The number of ether oxygens (including phenoxy) is 3. The summed E-state index contributed by atoms with van der Waals surface area (Å²) in [5, 5.41) is 9.83. The van der Waals surface area contributed by atoms with Crippen molar-refractivity contribution in [3.63, 3.8) is 0 Å². The molecule has 4 rings (SSSR count). The molecular weight excluding hydrogens is 406 g/mol. The van der Waals surface area contributed by atoms with Gasteiger partial charge in [0.2, 0.25) is 5.88 Å². The Balaban J connectivity index is 2.10. The van der Waals surface area contributed by atoms with Crippen molar-refractivity contribution >= 4 is 21.5 Å². The fourth-order valence-electron chi connectivity index (χ4n) is 3.77. The van der Waals surface area contributed by atoms with Crippen LogP contribution in [0.3, 0.4) is 0 Å². The molecular formula is C21H19N3O5S. The van der Waals surface area contributed by atoms with E-state index in [1.54, 1.807) is 42.5 Å². The molecule has 0 unspecified atom stereocenters. The van der Waals surface area contributed by atoms with E-state index in [0.29, 0.717) is 28.3 Å². The van der Waals surface area contributed by atoms with E-state index in [9.17, 15) is 13.7 Å². The van der Waals surface area contributed by atoms with Gasteiger partial charge in [0.05, 0.1) is 25.8 Å². The van der Waals surface area contributed by atoms with Gasteiger partial charge in [0.15, 0.2) is 5.76 Å². The number of methoxy groups -OCH3 is 2. The highest BCUT2D eigenvalue weighted by Gasteiger charge is 2.47. The smallest absolute Gasteiger partial charge is 0.264 e. The Morgan fingerprint density at radius 2 is 1.90 bits per heavy atom. The van der Waals surface area contributed by atoms with Crippen LogP contribution >= 0.6 is 0 Å². The highest BCUT2D eigenvalue weighted by molar-refractivity contribution is 7.96. The van der Waals surface area contributed by atoms with Crippen molar-refractivity contribution in [1.82, 2.24) is 0 Å². The van der Waals surface area contributed by atoms with Gasteiger partial charge in [-0.1, -0.05) is 12.1 Å². The minimum atomic E-state index is -4.03. The second kappa shape index (κ2) is 7.00. The summed E-state index contributed by atoms with van der Waals surface area (Å²) in [6, 6.07) is 13.9. The summed E-state index contributed by atoms with van der Waals surface area (Å²) in [6.45, 7) is 0. The van der Waals surface area contributed by atoms with E-state index in [2.05, 4.69) is 0 Å². The molecule has 1 atom stereocenters. The maximum atomic E-state index is 13.6. The van der Waals surface area contributed by atoms with Gasteiger partial charge in [-0.05, 0) is 30.3 Å². The van der Waals surface area contributed by atoms with Crippen molar-refractivity contribution in [3.05, 3.63) is 70.0 Å². The molecule has 9 heteroatoms. The topological polar surface area (TPSA) is 115 Å². The third kappa shape index (κ3) is 2.69. The molecule has 0 fully saturated rings. The van der Waals surface area contributed by atoms with Crippen LogP contribution in [0.1, 0.15) is 17.0 Å². The maximum absolute atomic E-state index is 13.6. The number of fused-ring (bicyclic) bond motifs is 2. The second-order valence-electron chi connectivity index (χ2n) is 6.72. The standard InChI is InChI=1S/C21H19N3O5S/c1-24-16-7-5-4-6-13(16)19-20(30(24,25)26)18(15(11-22)21(23)29-19)14-10-12(27-2)8-9-17(14)28-3/h4-10,18H,23H2,1-3H3/t18-/m1/s1. The van der Waals surface area contributed by atoms with Gasteiger partial charge in [0.1, 0.15) is 28.0 Å². The first-order valence-corrected chi connectivity index (χ1v) is 10.4. The fraction of sp³-hybridized carbons (Fsp3) is 0.190. The van der Waals surface area contributed by atoms with Crippen molar-refractivity contribution < 1.29 is 22.6 Å². The molecule has 0 aromatic heterocycles. The molecule has 2 aromatic carbocycles. The number of nitrogens with zero attached hydrogens (tertiary/aromatic N) is 2. The van der Waals surface area contributed by atoms with Crippen molar-refractivity contribution in [2.45, 2.75) is 5.92 Å². The Kier molecular flexibility index (Phi) is 4.59. The van der Waals surface area contributed by atoms with Gasteiger partial charge in [-0.2, -0.15) is 5.26 Å². The van der Waals surface area contributed by atoms with Crippen LogP contribution < -0.4 is 19.5 Å². The van der Waals surface area contributed by atoms with Gasteiger partial charge in [-0.25, -0.2) is 8.42 Å². The molecule has 0 aliphatic carbocycles. The number of anilines is 1. The quantitative estimate of drug-likeness (QED) is 0.804. The number of nitriles is 1.